The van der Waals surface area contributed by atoms with Crippen LogP contribution in [0.1, 0.15) is 40.5 Å². The maximum Gasteiger partial charge on any atom is 0.341 e. The van der Waals surface area contributed by atoms with Gasteiger partial charge in [0.25, 0.3) is 5.91 Å². The lowest BCUT2D eigenvalue weighted by molar-refractivity contribution is 0.0527. The van der Waals surface area contributed by atoms with Crippen molar-refractivity contribution in [2.45, 2.75) is 25.8 Å². The summed E-state index contributed by atoms with van der Waals surface area (Å²) in [6, 6.07) is 16.2. The van der Waals surface area contributed by atoms with Crippen molar-refractivity contribution < 1.29 is 19.1 Å². The largest absolute Gasteiger partial charge is 0.462 e. The number of carbonyl (C=O) groups is 2. The number of esters is 1. The van der Waals surface area contributed by atoms with Crippen LogP contribution in [0.5, 0.6) is 0 Å². The highest BCUT2D eigenvalue weighted by molar-refractivity contribution is 7.20. The number of amides is 1. The number of halogens is 2. The molecular weight excluding hydrogens is 481 g/mol. The number of rotatable bonds is 6. The van der Waals surface area contributed by atoms with E-state index in [4.69, 9.17) is 32.7 Å². The fraction of sp³-hybridized carbons (Fsp3) is 0.280. The van der Waals surface area contributed by atoms with Crippen LogP contribution in [-0.2, 0) is 9.47 Å². The Kier molecular flexibility index (Phi) is 7.71. The first-order valence-corrected chi connectivity index (χ1v) is 12.3. The first kappa shape index (κ1) is 23.8. The summed E-state index contributed by atoms with van der Waals surface area (Å²) >= 11 is 13.9. The van der Waals surface area contributed by atoms with Gasteiger partial charge in [-0.05, 0) is 49.6 Å². The summed E-state index contributed by atoms with van der Waals surface area (Å²) in [5.74, 6) is -0.742. The molecule has 5 nitrogen and oxygen atoms in total. The molecule has 172 valence electrons. The second kappa shape index (κ2) is 10.7. The van der Waals surface area contributed by atoms with E-state index in [1.807, 2.05) is 30.3 Å². The predicted molar refractivity (Wildman–Crippen MR) is 133 cm³/mol. The summed E-state index contributed by atoms with van der Waals surface area (Å²) < 4.78 is 10.9. The molecule has 1 aliphatic rings. The molecule has 1 aliphatic heterocycles. The van der Waals surface area contributed by atoms with Crippen LogP contribution in [0.25, 0.3) is 10.4 Å². The lowest BCUT2D eigenvalue weighted by atomic mass is 10.0. The molecule has 0 saturated carbocycles. The van der Waals surface area contributed by atoms with E-state index in [2.05, 4.69) is 0 Å². The van der Waals surface area contributed by atoms with Gasteiger partial charge in [-0.15, -0.1) is 11.3 Å². The molecule has 0 N–H and O–H groups in total. The molecule has 0 atom stereocenters. The van der Waals surface area contributed by atoms with Crippen molar-refractivity contribution in [3.8, 4) is 10.4 Å². The maximum absolute atomic E-state index is 13.9. The summed E-state index contributed by atoms with van der Waals surface area (Å²) in [6.45, 7) is 3.07. The number of benzene rings is 2. The summed E-state index contributed by atoms with van der Waals surface area (Å²) in [7, 11) is 0. The molecule has 0 aliphatic carbocycles. The standard InChI is InChI=1S/C25H23Cl2NO4S/c1-2-32-25(30)20-15-22(16-6-4-3-5-7-16)33-24(20)28(18-10-12-31-13-11-18)23(29)19-9-8-17(26)14-21(19)27/h3-9,14-15,18H,2,10-13H2,1H3. The number of anilines is 1. The summed E-state index contributed by atoms with van der Waals surface area (Å²) in [5, 5.41) is 1.26. The summed E-state index contributed by atoms with van der Waals surface area (Å²) in [6.07, 6.45) is 1.30. The Labute approximate surface area is 206 Å². The Morgan fingerprint density at radius 3 is 2.45 bits per heavy atom. The zero-order valence-electron chi connectivity index (χ0n) is 18.1. The average molecular weight is 504 g/mol. The molecule has 2 heterocycles. The third-order valence-corrected chi connectivity index (χ3v) is 7.15. The van der Waals surface area contributed by atoms with Gasteiger partial charge in [0.1, 0.15) is 5.00 Å². The summed E-state index contributed by atoms with van der Waals surface area (Å²) in [5.41, 5.74) is 1.66. The van der Waals surface area contributed by atoms with Crippen LogP contribution >= 0.6 is 34.5 Å². The van der Waals surface area contributed by atoms with Gasteiger partial charge in [0.2, 0.25) is 0 Å². The van der Waals surface area contributed by atoms with Crippen molar-refractivity contribution in [1.82, 2.24) is 0 Å². The molecule has 0 unspecified atom stereocenters. The molecule has 0 spiro atoms. The SMILES string of the molecule is CCOC(=O)c1cc(-c2ccccc2)sc1N(C(=O)c1ccc(Cl)cc1Cl)C1CCOCC1. The van der Waals surface area contributed by atoms with Crippen LogP contribution in [0.4, 0.5) is 5.00 Å². The Balaban J connectivity index is 1.85. The normalized spacial score (nSPS) is 14.2. The number of carbonyl (C=O) groups excluding carboxylic acids is 2. The van der Waals surface area contributed by atoms with Crippen LogP contribution in [0.15, 0.2) is 54.6 Å². The lowest BCUT2D eigenvalue weighted by Gasteiger charge is -2.34. The average Bonchev–Trinajstić information content (AvgIpc) is 3.26. The van der Waals surface area contributed by atoms with E-state index in [0.29, 0.717) is 47.2 Å². The molecule has 0 radical (unpaired) electrons. The van der Waals surface area contributed by atoms with E-state index in [1.54, 1.807) is 36.1 Å². The predicted octanol–water partition coefficient (Wildman–Crippen LogP) is 6.72. The first-order valence-electron chi connectivity index (χ1n) is 10.7. The fourth-order valence-electron chi connectivity index (χ4n) is 3.82. The molecule has 3 aromatic rings. The fourth-order valence-corrected chi connectivity index (χ4v) is 5.53. The second-order valence-corrected chi connectivity index (χ2v) is 9.43. The molecule has 2 aromatic carbocycles. The van der Waals surface area contributed by atoms with Crippen LogP contribution in [0.3, 0.4) is 0 Å². The molecule has 1 aromatic heterocycles. The third kappa shape index (κ3) is 5.25. The van der Waals surface area contributed by atoms with Crippen LogP contribution in [-0.4, -0.2) is 37.7 Å². The van der Waals surface area contributed by atoms with Crippen molar-refractivity contribution in [2.24, 2.45) is 0 Å². The minimum absolute atomic E-state index is 0.145. The van der Waals surface area contributed by atoms with Crippen LogP contribution in [0, 0.1) is 0 Å². The van der Waals surface area contributed by atoms with E-state index in [9.17, 15) is 9.59 Å². The molecule has 8 heteroatoms. The highest BCUT2D eigenvalue weighted by Gasteiger charge is 2.34. The molecular formula is C25H23Cl2NO4S. The zero-order valence-corrected chi connectivity index (χ0v) is 20.4. The molecule has 1 saturated heterocycles. The van der Waals surface area contributed by atoms with Gasteiger partial charge < -0.3 is 9.47 Å². The quantitative estimate of drug-likeness (QED) is 0.350. The van der Waals surface area contributed by atoms with E-state index in [-0.39, 0.29) is 23.6 Å². The number of nitrogens with zero attached hydrogens (tertiary/aromatic N) is 1. The van der Waals surface area contributed by atoms with Gasteiger partial charge in [0.05, 0.1) is 22.8 Å². The molecule has 4 rings (SSSR count). The van der Waals surface area contributed by atoms with Gasteiger partial charge in [0.15, 0.2) is 0 Å². The minimum Gasteiger partial charge on any atom is -0.462 e. The Hall–Kier alpha value is -2.38. The van der Waals surface area contributed by atoms with Gasteiger partial charge in [-0.1, -0.05) is 53.5 Å². The summed E-state index contributed by atoms with van der Waals surface area (Å²) in [4.78, 5) is 29.4. The van der Waals surface area contributed by atoms with Gasteiger partial charge in [-0.3, -0.25) is 9.69 Å². The van der Waals surface area contributed by atoms with Crippen molar-refractivity contribution in [2.75, 3.05) is 24.7 Å². The highest BCUT2D eigenvalue weighted by atomic mass is 35.5. The number of hydrogen-bond donors (Lipinski definition) is 0. The van der Waals surface area contributed by atoms with Crippen LogP contribution in [0.2, 0.25) is 10.0 Å². The Morgan fingerprint density at radius 2 is 1.79 bits per heavy atom. The monoisotopic (exact) mass is 503 g/mol. The molecule has 1 amide bonds. The third-order valence-electron chi connectivity index (χ3n) is 5.42. The van der Waals surface area contributed by atoms with Crippen molar-refractivity contribution >= 4 is 51.4 Å². The lowest BCUT2D eigenvalue weighted by Crippen LogP contribution is -2.44. The van der Waals surface area contributed by atoms with Gasteiger partial charge in [-0.2, -0.15) is 0 Å². The number of ether oxygens (including phenoxy) is 2. The zero-order chi connectivity index (χ0) is 23.4. The Bertz CT molecular complexity index is 1140. The first-order chi connectivity index (χ1) is 16.0. The van der Waals surface area contributed by atoms with Crippen molar-refractivity contribution in [3.63, 3.8) is 0 Å². The molecule has 33 heavy (non-hydrogen) atoms. The van der Waals surface area contributed by atoms with Gasteiger partial charge in [-0.25, -0.2) is 4.79 Å². The minimum atomic E-state index is -0.460. The molecule has 1 fully saturated rings. The van der Waals surface area contributed by atoms with Crippen molar-refractivity contribution in [1.29, 1.82) is 0 Å². The number of thiophene rings is 1. The van der Waals surface area contributed by atoms with Gasteiger partial charge in [0, 0.05) is 29.2 Å². The van der Waals surface area contributed by atoms with Crippen molar-refractivity contribution in [3.05, 3.63) is 75.8 Å². The highest BCUT2D eigenvalue weighted by Crippen LogP contribution is 2.41. The van der Waals surface area contributed by atoms with E-state index < -0.39 is 5.97 Å². The smallest absolute Gasteiger partial charge is 0.341 e. The Morgan fingerprint density at radius 1 is 1.06 bits per heavy atom. The van der Waals surface area contributed by atoms with E-state index in [0.717, 1.165) is 10.4 Å². The van der Waals surface area contributed by atoms with E-state index in [1.165, 1.54) is 11.3 Å². The van der Waals surface area contributed by atoms with E-state index >= 15 is 0 Å². The number of hydrogen-bond acceptors (Lipinski definition) is 5. The molecule has 0 bridgehead atoms. The maximum atomic E-state index is 13.9. The second-order valence-electron chi connectivity index (χ2n) is 7.56. The topological polar surface area (TPSA) is 55.8 Å². The van der Waals surface area contributed by atoms with Crippen LogP contribution < -0.4 is 4.90 Å². The van der Waals surface area contributed by atoms with Gasteiger partial charge >= 0.3 is 5.97 Å².